The topological polar surface area (TPSA) is 21.3 Å². The van der Waals surface area contributed by atoms with Crippen LogP contribution in [0.5, 0.6) is 5.75 Å². The van der Waals surface area contributed by atoms with Gasteiger partial charge in [-0.25, -0.2) is 0 Å². The highest BCUT2D eigenvalue weighted by molar-refractivity contribution is 9.11. The zero-order chi connectivity index (χ0) is 15.6. The fourth-order valence-corrected chi connectivity index (χ4v) is 5.27. The van der Waals surface area contributed by atoms with E-state index in [1.165, 1.54) is 5.56 Å². The van der Waals surface area contributed by atoms with E-state index in [1.807, 2.05) is 12.1 Å². The lowest BCUT2D eigenvalue weighted by atomic mass is 10.2. The molecule has 6 heteroatoms. The van der Waals surface area contributed by atoms with Crippen LogP contribution in [0.25, 0.3) is 0 Å². The van der Waals surface area contributed by atoms with Crippen LogP contribution in [0.4, 0.5) is 5.69 Å². The number of methoxy groups -OCH3 is 1. The van der Waals surface area contributed by atoms with Crippen molar-refractivity contribution in [2.24, 2.45) is 0 Å². The largest absolute Gasteiger partial charge is 0.494 e. The van der Waals surface area contributed by atoms with Gasteiger partial charge in [-0.05, 0) is 106 Å². The van der Waals surface area contributed by atoms with E-state index in [1.54, 1.807) is 7.11 Å². The Bertz CT molecular complexity index is 627. The molecule has 0 saturated carbocycles. The van der Waals surface area contributed by atoms with Crippen molar-refractivity contribution in [2.45, 2.75) is 13.5 Å². The number of benzene rings is 2. The Labute approximate surface area is 158 Å². The zero-order valence-electron chi connectivity index (χ0n) is 11.4. The summed E-state index contributed by atoms with van der Waals surface area (Å²) in [5, 5.41) is 3.44. The van der Waals surface area contributed by atoms with Gasteiger partial charge in [0.15, 0.2) is 0 Å². The predicted octanol–water partition coefficient (Wildman–Crippen LogP) is 6.67. The van der Waals surface area contributed by atoms with Gasteiger partial charge in [0.05, 0.1) is 21.7 Å². The fraction of sp³-hybridized carbons (Fsp3) is 0.200. The minimum Gasteiger partial charge on any atom is -0.494 e. The molecule has 0 aliphatic carbocycles. The van der Waals surface area contributed by atoms with E-state index in [0.717, 1.165) is 34.9 Å². The van der Waals surface area contributed by atoms with E-state index in [-0.39, 0.29) is 0 Å². The summed E-state index contributed by atoms with van der Waals surface area (Å²) >= 11 is 14.2. The van der Waals surface area contributed by atoms with E-state index in [4.69, 9.17) is 4.74 Å². The molecule has 21 heavy (non-hydrogen) atoms. The molecule has 1 N–H and O–H groups in total. The fourth-order valence-electron chi connectivity index (χ4n) is 1.97. The highest BCUT2D eigenvalue weighted by Crippen LogP contribution is 2.36. The summed E-state index contributed by atoms with van der Waals surface area (Å²) < 4.78 is 9.26. The Morgan fingerprint density at radius 1 is 0.905 bits per heavy atom. The molecule has 0 aliphatic heterocycles. The lowest BCUT2D eigenvalue weighted by Crippen LogP contribution is -2.02. The van der Waals surface area contributed by atoms with Crippen molar-refractivity contribution in [1.29, 1.82) is 0 Å². The van der Waals surface area contributed by atoms with Gasteiger partial charge in [0.2, 0.25) is 0 Å². The van der Waals surface area contributed by atoms with Gasteiger partial charge in [0.1, 0.15) is 5.75 Å². The molecule has 2 aromatic rings. The molecule has 2 rings (SSSR count). The van der Waals surface area contributed by atoms with Crippen LogP contribution >= 0.6 is 63.7 Å². The Morgan fingerprint density at radius 3 is 1.90 bits per heavy atom. The van der Waals surface area contributed by atoms with E-state index in [9.17, 15) is 0 Å². The molecule has 0 amide bonds. The van der Waals surface area contributed by atoms with Crippen LogP contribution in [0.15, 0.2) is 42.2 Å². The quantitative estimate of drug-likeness (QED) is 0.466. The molecule has 0 spiro atoms. The summed E-state index contributed by atoms with van der Waals surface area (Å²) in [4.78, 5) is 0. The molecule has 0 aromatic heterocycles. The van der Waals surface area contributed by atoms with Crippen LogP contribution in [-0.2, 0) is 6.54 Å². The summed E-state index contributed by atoms with van der Waals surface area (Å²) in [6.45, 7) is 2.78. The third-order valence-corrected chi connectivity index (χ3v) is 5.35. The van der Waals surface area contributed by atoms with Crippen LogP contribution in [0.1, 0.15) is 11.1 Å². The van der Waals surface area contributed by atoms with E-state index < -0.39 is 0 Å². The minimum absolute atomic E-state index is 0.710. The van der Waals surface area contributed by atoms with Gasteiger partial charge in [0.25, 0.3) is 0 Å². The third kappa shape index (κ3) is 4.24. The van der Waals surface area contributed by atoms with Crippen LogP contribution in [0, 0.1) is 6.92 Å². The molecule has 0 unspecified atom stereocenters. The lowest BCUT2D eigenvalue weighted by Gasteiger charge is -2.14. The smallest absolute Gasteiger partial charge is 0.147 e. The first-order valence-electron chi connectivity index (χ1n) is 6.13. The maximum atomic E-state index is 5.32. The van der Waals surface area contributed by atoms with Crippen LogP contribution < -0.4 is 10.1 Å². The van der Waals surface area contributed by atoms with Crippen molar-refractivity contribution in [3.63, 3.8) is 0 Å². The number of hydrogen-bond acceptors (Lipinski definition) is 2. The number of anilines is 1. The molecule has 0 atom stereocenters. The first-order valence-corrected chi connectivity index (χ1v) is 9.31. The average Bonchev–Trinajstić information content (AvgIpc) is 2.37. The second-order valence-corrected chi connectivity index (χ2v) is 7.97. The Hall–Kier alpha value is -0.0400. The summed E-state index contributed by atoms with van der Waals surface area (Å²) in [7, 11) is 1.66. The molecule has 0 bridgehead atoms. The highest BCUT2D eigenvalue weighted by atomic mass is 79.9. The van der Waals surface area contributed by atoms with Gasteiger partial charge in [-0.3, -0.25) is 0 Å². The number of rotatable bonds is 4. The molecule has 0 fully saturated rings. The minimum atomic E-state index is 0.710. The molecule has 112 valence electrons. The standard InChI is InChI=1S/C15H13Br4NO/c1-8-3-10(16)14(11(17)4-8)20-7-9-5-12(18)15(21-2)13(19)6-9/h3-6,20H,7H2,1-2H3. The van der Waals surface area contributed by atoms with Crippen molar-refractivity contribution >= 4 is 69.4 Å². The average molecular weight is 543 g/mol. The highest BCUT2D eigenvalue weighted by Gasteiger charge is 2.10. The van der Waals surface area contributed by atoms with Crippen molar-refractivity contribution in [3.8, 4) is 5.75 Å². The molecule has 0 radical (unpaired) electrons. The summed E-state index contributed by atoms with van der Waals surface area (Å²) in [6.07, 6.45) is 0. The maximum absolute atomic E-state index is 5.32. The van der Waals surface area contributed by atoms with Gasteiger partial charge >= 0.3 is 0 Å². The lowest BCUT2D eigenvalue weighted by molar-refractivity contribution is 0.409. The van der Waals surface area contributed by atoms with Gasteiger partial charge in [0, 0.05) is 15.5 Å². The van der Waals surface area contributed by atoms with Crippen LogP contribution in [0.2, 0.25) is 0 Å². The monoisotopic (exact) mass is 539 g/mol. The summed E-state index contributed by atoms with van der Waals surface area (Å²) in [5.41, 5.74) is 3.40. The van der Waals surface area contributed by atoms with Crippen molar-refractivity contribution in [3.05, 3.63) is 53.3 Å². The zero-order valence-corrected chi connectivity index (χ0v) is 17.8. The Kier molecular flexibility index (Phi) is 6.17. The molecule has 2 nitrogen and oxygen atoms in total. The van der Waals surface area contributed by atoms with E-state index in [2.05, 4.69) is 88.1 Å². The van der Waals surface area contributed by atoms with E-state index >= 15 is 0 Å². The Balaban J connectivity index is 2.21. The molecule has 0 aliphatic rings. The number of aryl methyl sites for hydroxylation is 1. The van der Waals surface area contributed by atoms with Gasteiger partial charge in [-0.15, -0.1) is 0 Å². The first kappa shape index (κ1) is 17.3. The molecular formula is C15H13Br4NO. The van der Waals surface area contributed by atoms with Crippen molar-refractivity contribution in [1.82, 2.24) is 0 Å². The molecular weight excluding hydrogens is 530 g/mol. The molecule has 2 aromatic carbocycles. The number of ether oxygens (including phenoxy) is 1. The van der Waals surface area contributed by atoms with Crippen LogP contribution in [0.3, 0.4) is 0 Å². The summed E-state index contributed by atoms with van der Waals surface area (Å²) in [5.74, 6) is 0.802. The van der Waals surface area contributed by atoms with Gasteiger partial charge in [-0.2, -0.15) is 0 Å². The normalized spacial score (nSPS) is 10.6. The van der Waals surface area contributed by atoms with Crippen molar-refractivity contribution < 1.29 is 4.74 Å². The maximum Gasteiger partial charge on any atom is 0.147 e. The second-order valence-electron chi connectivity index (χ2n) is 4.55. The predicted molar refractivity (Wildman–Crippen MR) is 102 cm³/mol. The number of nitrogens with one attached hydrogen (secondary N) is 1. The SMILES string of the molecule is COc1c(Br)cc(CNc2c(Br)cc(C)cc2Br)cc1Br. The van der Waals surface area contributed by atoms with Crippen LogP contribution in [-0.4, -0.2) is 7.11 Å². The summed E-state index contributed by atoms with van der Waals surface area (Å²) in [6, 6.07) is 8.28. The second kappa shape index (κ2) is 7.49. The molecule has 0 heterocycles. The number of hydrogen-bond donors (Lipinski definition) is 1. The van der Waals surface area contributed by atoms with Crippen molar-refractivity contribution in [2.75, 3.05) is 12.4 Å². The Morgan fingerprint density at radius 2 is 1.43 bits per heavy atom. The van der Waals surface area contributed by atoms with Gasteiger partial charge in [-0.1, -0.05) is 0 Å². The van der Waals surface area contributed by atoms with Gasteiger partial charge < -0.3 is 10.1 Å². The molecule has 0 saturated heterocycles. The first-order chi connectivity index (χ1) is 9.92. The van der Waals surface area contributed by atoms with E-state index in [0.29, 0.717) is 6.54 Å². The third-order valence-electron chi connectivity index (χ3n) is 2.92. The number of halogens is 4.